The lowest BCUT2D eigenvalue weighted by atomic mass is 9.46. The monoisotopic (exact) mass is 482 g/mol. The smallest absolute Gasteiger partial charge is 0.306 e. The van der Waals surface area contributed by atoms with E-state index in [4.69, 9.17) is 4.74 Å². The molecule has 0 aromatic carbocycles. The number of esters is 1. The number of hydrogen-bond donors (Lipinski definition) is 1. The van der Waals surface area contributed by atoms with Crippen molar-refractivity contribution in [2.45, 2.75) is 71.5 Å². The molecule has 0 aromatic heterocycles. The van der Waals surface area contributed by atoms with E-state index < -0.39 is 51.2 Å². The van der Waals surface area contributed by atoms with Gasteiger partial charge in [0.15, 0.2) is 11.4 Å². The molecule has 3 saturated carbocycles. The number of fused-ring (bicyclic) bond motifs is 5. The number of alkyl halides is 1. The van der Waals surface area contributed by atoms with Crippen molar-refractivity contribution in [1.29, 1.82) is 0 Å². The van der Waals surface area contributed by atoms with Gasteiger partial charge in [0.2, 0.25) is 10.9 Å². The summed E-state index contributed by atoms with van der Waals surface area (Å²) in [5.74, 6) is -2.79. The molecule has 0 radical (unpaired) electrons. The molecule has 0 aliphatic heterocycles. The third-order valence-corrected chi connectivity index (χ3v) is 9.82. The van der Waals surface area contributed by atoms with E-state index in [1.165, 1.54) is 12.2 Å². The quantitative estimate of drug-likeness (QED) is 0.586. The van der Waals surface area contributed by atoms with Crippen LogP contribution in [0.5, 0.6) is 0 Å². The predicted octanol–water partition coefficient (Wildman–Crippen LogP) is 4.69. The highest BCUT2D eigenvalue weighted by Gasteiger charge is 2.73. The average molecular weight is 483 g/mol. The Balaban J connectivity index is 1.80. The van der Waals surface area contributed by atoms with Crippen molar-refractivity contribution in [3.05, 3.63) is 23.6 Å². The zero-order chi connectivity index (χ0) is 24.3. The van der Waals surface area contributed by atoms with E-state index >= 15 is 0 Å². The summed E-state index contributed by atoms with van der Waals surface area (Å²) >= 11 is 0.516. The van der Waals surface area contributed by atoms with E-state index in [0.29, 0.717) is 31.0 Å². The molecule has 8 heteroatoms. The van der Waals surface area contributed by atoms with Gasteiger partial charge in [-0.2, -0.15) is 0 Å². The zero-order valence-corrected chi connectivity index (χ0v) is 20.3. The van der Waals surface area contributed by atoms with Crippen LogP contribution in [0.3, 0.4) is 0 Å². The van der Waals surface area contributed by atoms with Gasteiger partial charge in [-0.15, -0.1) is 0 Å². The number of ether oxygens (including phenoxy) is 1. The summed E-state index contributed by atoms with van der Waals surface area (Å²) in [5.41, 5.74) is -2.39. The molecule has 0 heterocycles. The van der Waals surface area contributed by atoms with Crippen molar-refractivity contribution in [3.63, 3.8) is 0 Å². The first-order valence-electron chi connectivity index (χ1n) is 11.7. The maximum Gasteiger partial charge on any atom is 0.306 e. The van der Waals surface area contributed by atoms with Gasteiger partial charge in [-0.3, -0.25) is 14.4 Å². The van der Waals surface area contributed by atoms with Crippen LogP contribution in [0.4, 0.5) is 8.78 Å². The first-order chi connectivity index (χ1) is 15.5. The van der Waals surface area contributed by atoms with Crippen LogP contribution in [0, 0.1) is 34.5 Å². The van der Waals surface area contributed by atoms with Gasteiger partial charge in [0.25, 0.3) is 0 Å². The summed E-state index contributed by atoms with van der Waals surface area (Å²) in [5, 5.41) is 11.0. The molecule has 0 aromatic rings. The minimum Gasteiger partial charge on any atom is -0.449 e. The Morgan fingerprint density at radius 2 is 2.03 bits per heavy atom. The number of aliphatic hydroxyl groups excluding tert-OH is 1. The maximum atomic E-state index is 14.4. The van der Waals surface area contributed by atoms with Crippen molar-refractivity contribution in [1.82, 2.24) is 0 Å². The fourth-order valence-corrected chi connectivity index (χ4v) is 8.59. The standard InChI is InChI=1S/C25H32F2O5S/c1-5-20(30)32-25(22(31)33-12-26)13(2)8-16-15-7-6-14-9-18(28)17(27)10-23(14,3)21(15)19(29)11-24(16,25)4/h9-10,13,15-16,19,21,29H,5-8,11-12H2,1-4H3/t13?,15-,16-,19-,21+,23-,24-,25-/m0/s1. The lowest BCUT2D eigenvalue weighted by Gasteiger charge is -2.59. The fourth-order valence-electron chi connectivity index (χ4n) is 7.80. The van der Waals surface area contributed by atoms with Gasteiger partial charge in [0, 0.05) is 29.1 Å². The molecule has 4 aliphatic rings. The van der Waals surface area contributed by atoms with Crippen molar-refractivity contribution >= 4 is 28.6 Å². The van der Waals surface area contributed by atoms with Crippen LogP contribution in [0.2, 0.25) is 0 Å². The largest absolute Gasteiger partial charge is 0.449 e. The Hall–Kier alpha value is -1.54. The topological polar surface area (TPSA) is 80.7 Å². The van der Waals surface area contributed by atoms with Crippen molar-refractivity contribution < 1.29 is 33.0 Å². The van der Waals surface area contributed by atoms with Crippen LogP contribution in [-0.4, -0.2) is 39.7 Å². The summed E-state index contributed by atoms with van der Waals surface area (Å²) in [7, 11) is 0. The lowest BCUT2D eigenvalue weighted by Crippen LogP contribution is -2.63. The number of carbonyl (C=O) groups is 3. The third-order valence-electron chi connectivity index (χ3n) is 9.15. The van der Waals surface area contributed by atoms with Crippen molar-refractivity contribution in [2.24, 2.45) is 34.5 Å². The van der Waals surface area contributed by atoms with Crippen molar-refractivity contribution in [3.8, 4) is 0 Å². The van der Waals surface area contributed by atoms with Gasteiger partial charge in [-0.1, -0.05) is 33.3 Å². The van der Waals surface area contributed by atoms with E-state index in [0.717, 1.165) is 5.57 Å². The second-order valence-electron chi connectivity index (χ2n) is 10.6. The van der Waals surface area contributed by atoms with Crippen LogP contribution >= 0.6 is 11.8 Å². The molecule has 33 heavy (non-hydrogen) atoms. The van der Waals surface area contributed by atoms with E-state index in [1.807, 2.05) is 20.8 Å². The number of rotatable bonds is 4. The second-order valence-corrected chi connectivity index (χ2v) is 11.5. The van der Waals surface area contributed by atoms with Gasteiger partial charge in [0.05, 0.1) is 6.10 Å². The Morgan fingerprint density at radius 3 is 2.67 bits per heavy atom. The summed E-state index contributed by atoms with van der Waals surface area (Å²) in [4.78, 5) is 37.8. The molecule has 4 aliphatic carbocycles. The van der Waals surface area contributed by atoms with Crippen LogP contribution in [-0.2, 0) is 19.1 Å². The Bertz CT molecular complexity index is 947. The van der Waals surface area contributed by atoms with Crippen LogP contribution in [0.1, 0.15) is 59.8 Å². The van der Waals surface area contributed by atoms with Gasteiger partial charge in [-0.05, 0) is 61.4 Å². The molecule has 5 nitrogen and oxygen atoms in total. The second kappa shape index (κ2) is 8.29. The minimum atomic E-state index is -1.53. The first-order valence-corrected chi connectivity index (χ1v) is 12.7. The normalized spacial score (nSPS) is 44.2. The summed E-state index contributed by atoms with van der Waals surface area (Å²) < 4.78 is 33.6. The van der Waals surface area contributed by atoms with Gasteiger partial charge in [-0.25, -0.2) is 8.78 Å². The molecule has 4 rings (SSSR count). The molecule has 0 saturated heterocycles. The van der Waals surface area contributed by atoms with Crippen molar-refractivity contribution in [2.75, 3.05) is 6.01 Å². The van der Waals surface area contributed by atoms with E-state index in [2.05, 4.69) is 0 Å². The molecule has 0 bridgehead atoms. The number of allylic oxidation sites excluding steroid dienone is 4. The number of halogens is 2. The summed E-state index contributed by atoms with van der Waals surface area (Å²) in [6, 6.07) is -0.920. The molecule has 0 spiro atoms. The first kappa shape index (κ1) is 24.6. The third kappa shape index (κ3) is 3.30. The Morgan fingerprint density at radius 1 is 1.33 bits per heavy atom. The Labute approximate surface area is 197 Å². The molecule has 1 N–H and O–H groups in total. The van der Waals surface area contributed by atoms with Gasteiger partial charge < -0.3 is 9.84 Å². The Kier molecular flexibility index (Phi) is 6.18. The molecular weight excluding hydrogens is 450 g/mol. The predicted molar refractivity (Wildman–Crippen MR) is 120 cm³/mol. The van der Waals surface area contributed by atoms with Crippen LogP contribution in [0.25, 0.3) is 0 Å². The highest BCUT2D eigenvalue weighted by Crippen LogP contribution is 2.69. The number of carbonyl (C=O) groups excluding carboxylic acids is 3. The van der Waals surface area contributed by atoms with Gasteiger partial charge >= 0.3 is 5.97 Å². The zero-order valence-electron chi connectivity index (χ0n) is 19.5. The average Bonchev–Trinajstić information content (AvgIpc) is 2.96. The molecular formula is C25H32F2O5S. The van der Waals surface area contributed by atoms with E-state index in [-0.39, 0.29) is 36.5 Å². The highest BCUT2D eigenvalue weighted by molar-refractivity contribution is 8.13. The summed E-state index contributed by atoms with van der Waals surface area (Å²) in [6.45, 7) is 7.27. The number of thioether (sulfide) groups is 1. The SMILES string of the molecule is CCC(=O)O[C@]1(C(=O)SCF)C(C)C[C@H]2[C@@H]3CCC4=CC(=O)C(F)=C[C@]4(C)[C@H]3[C@@H](O)C[C@@]21C. The maximum absolute atomic E-state index is 14.4. The summed E-state index contributed by atoms with van der Waals surface area (Å²) in [6.07, 6.45) is 3.94. The molecule has 8 atom stereocenters. The number of ketones is 1. The number of aliphatic hydroxyl groups is 1. The minimum absolute atomic E-state index is 0.0639. The molecule has 3 fully saturated rings. The lowest BCUT2D eigenvalue weighted by molar-refractivity contribution is -0.199. The molecule has 182 valence electrons. The fraction of sp³-hybridized carbons (Fsp3) is 0.720. The van der Waals surface area contributed by atoms with Crippen LogP contribution < -0.4 is 0 Å². The van der Waals surface area contributed by atoms with E-state index in [9.17, 15) is 28.3 Å². The highest BCUT2D eigenvalue weighted by atomic mass is 32.2. The van der Waals surface area contributed by atoms with Crippen LogP contribution in [0.15, 0.2) is 23.6 Å². The van der Waals surface area contributed by atoms with E-state index in [1.54, 1.807) is 6.92 Å². The number of hydrogen-bond acceptors (Lipinski definition) is 6. The van der Waals surface area contributed by atoms with Gasteiger partial charge in [0.1, 0.15) is 6.01 Å². The molecule has 1 unspecified atom stereocenters. The molecule has 0 amide bonds.